The molecule has 0 aromatic heterocycles. The van der Waals surface area contributed by atoms with Gasteiger partial charge in [-0.25, -0.2) is 4.39 Å². The summed E-state index contributed by atoms with van der Waals surface area (Å²) in [6.07, 6.45) is 1.78. The van der Waals surface area contributed by atoms with Gasteiger partial charge in [-0.15, -0.1) is 31.4 Å². The molecule has 1 atom stereocenters. The minimum atomic E-state index is -0.336. The van der Waals surface area contributed by atoms with Crippen LogP contribution in [0, 0.1) is 5.82 Å². The zero-order chi connectivity index (χ0) is 12.3. The highest BCUT2D eigenvalue weighted by Gasteiger charge is 2.22. The van der Waals surface area contributed by atoms with Crippen LogP contribution in [0.1, 0.15) is 11.6 Å². The number of nitrogens with one attached hydrogen (secondary N) is 1. The molecular weight excluding hydrogens is 310 g/mol. The molecule has 1 aliphatic rings. The average Bonchev–Trinajstić information content (AvgIpc) is 2.37. The van der Waals surface area contributed by atoms with E-state index in [2.05, 4.69) is 16.8 Å². The van der Waals surface area contributed by atoms with Crippen LogP contribution in [0.4, 0.5) is 4.39 Å². The van der Waals surface area contributed by atoms with Crippen molar-refractivity contribution in [3.8, 4) is 0 Å². The number of halogens is 4. The molecule has 1 fully saturated rings. The van der Waals surface area contributed by atoms with Gasteiger partial charge < -0.3 is 5.32 Å². The predicted molar refractivity (Wildman–Crippen MR) is 83.3 cm³/mol. The Hall–Kier alpha value is -0.320. The maximum absolute atomic E-state index is 14.0. The van der Waals surface area contributed by atoms with Crippen molar-refractivity contribution in [1.82, 2.24) is 10.2 Å². The van der Waals surface area contributed by atoms with Crippen molar-refractivity contribution >= 4 is 36.4 Å². The van der Waals surface area contributed by atoms with Gasteiger partial charge in [-0.1, -0.05) is 29.8 Å². The smallest absolute Gasteiger partial charge is 0.146 e. The molecule has 0 spiro atoms. The highest BCUT2D eigenvalue weighted by atomic mass is 35.5. The fraction of sp³-hybridized carbons (Fsp3) is 0.385. The Labute approximate surface area is 130 Å². The first-order valence-corrected chi connectivity index (χ1v) is 6.13. The van der Waals surface area contributed by atoms with E-state index in [1.807, 2.05) is 0 Å². The molecule has 0 aliphatic carbocycles. The van der Waals surface area contributed by atoms with Crippen molar-refractivity contribution < 1.29 is 4.39 Å². The Kier molecular flexibility index (Phi) is 8.62. The van der Waals surface area contributed by atoms with Crippen LogP contribution in [0.25, 0.3) is 0 Å². The van der Waals surface area contributed by atoms with Crippen LogP contribution >= 0.6 is 36.4 Å². The molecule has 0 amide bonds. The van der Waals surface area contributed by atoms with Gasteiger partial charge in [-0.2, -0.15) is 0 Å². The van der Waals surface area contributed by atoms with E-state index < -0.39 is 0 Å². The molecule has 2 nitrogen and oxygen atoms in total. The van der Waals surface area contributed by atoms with E-state index in [0.717, 1.165) is 26.2 Å². The van der Waals surface area contributed by atoms with Crippen LogP contribution in [-0.4, -0.2) is 31.1 Å². The van der Waals surface area contributed by atoms with Gasteiger partial charge in [0.1, 0.15) is 5.82 Å². The van der Waals surface area contributed by atoms with Crippen molar-refractivity contribution in [2.45, 2.75) is 6.04 Å². The molecule has 19 heavy (non-hydrogen) atoms. The van der Waals surface area contributed by atoms with Gasteiger partial charge in [0.05, 0.1) is 11.1 Å². The summed E-state index contributed by atoms with van der Waals surface area (Å²) in [4.78, 5) is 2.21. The second kappa shape index (κ2) is 8.77. The summed E-state index contributed by atoms with van der Waals surface area (Å²) in [6, 6.07) is 5.02. The molecule has 1 aliphatic heterocycles. The Morgan fingerprint density at radius 1 is 1.32 bits per heavy atom. The molecule has 0 radical (unpaired) electrons. The summed E-state index contributed by atoms with van der Waals surface area (Å²) < 4.78 is 14.0. The molecule has 6 heteroatoms. The molecule has 1 aromatic rings. The quantitative estimate of drug-likeness (QED) is 0.855. The fourth-order valence-corrected chi connectivity index (χ4v) is 2.36. The van der Waals surface area contributed by atoms with Crippen molar-refractivity contribution in [2.24, 2.45) is 0 Å². The first-order chi connectivity index (χ1) is 8.24. The lowest BCUT2D eigenvalue weighted by Crippen LogP contribution is -2.44. The zero-order valence-corrected chi connectivity index (χ0v) is 12.8. The summed E-state index contributed by atoms with van der Waals surface area (Å²) in [6.45, 7) is 7.44. The molecule has 1 aromatic carbocycles. The van der Waals surface area contributed by atoms with Crippen LogP contribution < -0.4 is 5.32 Å². The topological polar surface area (TPSA) is 15.3 Å². The van der Waals surface area contributed by atoms with Crippen molar-refractivity contribution in [2.75, 3.05) is 26.2 Å². The minimum Gasteiger partial charge on any atom is -0.314 e. The first-order valence-electron chi connectivity index (χ1n) is 5.75. The zero-order valence-electron chi connectivity index (χ0n) is 10.4. The number of hydrogen-bond donors (Lipinski definition) is 1. The molecule has 1 N–H and O–H groups in total. The third-order valence-corrected chi connectivity index (χ3v) is 3.36. The van der Waals surface area contributed by atoms with E-state index in [1.54, 1.807) is 24.3 Å². The summed E-state index contributed by atoms with van der Waals surface area (Å²) in [7, 11) is 0. The molecular formula is C13H18Cl3FN2. The summed E-state index contributed by atoms with van der Waals surface area (Å²) >= 11 is 5.81. The standard InChI is InChI=1S/C13H16ClFN2.2ClH/c1-2-12(17-8-6-16-7-9-17)10-4-3-5-11(14)13(10)15;;/h2-5,12,16H,1,6-9H2;2*1H/t12-;;/m1../s1. The van der Waals surface area contributed by atoms with Crippen molar-refractivity contribution in [3.63, 3.8) is 0 Å². The normalized spacial score (nSPS) is 16.9. The number of nitrogens with zero attached hydrogens (tertiary/aromatic N) is 1. The number of benzene rings is 1. The van der Waals surface area contributed by atoms with E-state index in [4.69, 9.17) is 11.6 Å². The summed E-state index contributed by atoms with van der Waals surface area (Å²) in [5.41, 5.74) is 0.606. The van der Waals surface area contributed by atoms with Crippen LogP contribution in [-0.2, 0) is 0 Å². The van der Waals surface area contributed by atoms with Crippen LogP contribution in [0.5, 0.6) is 0 Å². The lowest BCUT2D eigenvalue weighted by Gasteiger charge is -2.33. The third-order valence-electron chi connectivity index (χ3n) is 3.07. The molecule has 2 rings (SSSR count). The van der Waals surface area contributed by atoms with Gasteiger partial charge in [-0.05, 0) is 6.07 Å². The van der Waals surface area contributed by atoms with Gasteiger partial charge in [-0.3, -0.25) is 4.90 Å². The second-order valence-electron chi connectivity index (χ2n) is 4.11. The maximum atomic E-state index is 14.0. The van der Waals surface area contributed by atoms with Gasteiger partial charge in [0.25, 0.3) is 0 Å². The molecule has 1 saturated heterocycles. The first kappa shape index (κ1) is 18.7. The molecule has 0 bridgehead atoms. The molecule has 0 unspecified atom stereocenters. The minimum absolute atomic E-state index is 0. The van der Waals surface area contributed by atoms with E-state index in [-0.39, 0.29) is 41.7 Å². The lowest BCUT2D eigenvalue weighted by atomic mass is 10.0. The van der Waals surface area contributed by atoms with E-state index >= 15 is 0 Å². The maximum Gasteiger partial charge on any atom is 0.146 e. The van der Waals surface area contributed by atoms with Gasteiger partial charge in [0.15, 0.2) is 0 Å². The van der Waals surface area contributed by atoms with E-state index in [9.17, 15) is 4.39 Å². The van der Waals surface area contributed by atoms with Crippen molar-refractivity contribution in [3.05, 3.63) is 47.3 Å². The van der Waals surface area contributed by atoms with Crippen LogP contribution in [0.3, 0.4) is 0 Å². The Morgan fingerprint density at radius 2 is 1.95 bits per heavy atom. The Balaban J connectivity index is 0.00000162. The molecule has 1 heterocycles. The largest absolute Gasteiger partial charge is 0.314 e. The highest BCUT2D eigenvalue weighted by Crippen LogP contribution is 2.28. The second-order valence-corrected chi connectivity index (χ2v) is 4.52. The Morgan fingerprint density at radius 3 is 2.53 bits per heavy atom. The van der Waals surface area contributed by atoms with E-state index in [1.165, 1.54) is 0 Å². The van der Waals surface area contributed by atoms with Gasteiger partial charge >= 0.3 is 0 Å². The van der Waals surface area contributed by atoms with Gasteiger partial charge in [0, 0.05) is 31.7 Å². The predicted octanol–water partition coefficient (Wildman–Crippen LogP) is 3.46. The number of piperazine rings is 1. The average molecular weight is 328 g/mol. The SMILES string of the molecule is C=C[C@H](c1cccc(Cl)c1F)N1CCNCC1.Cl.Cl. The third kappa shape index (κ3) is 4.33. The van der Waals surface area contributed by atoms with Gasteiger partial charge in [0.2, 0.25) is 0 Å². The summed E-state index contributed by atoms with van der Waals surface area (Å²) in [5.74, 6) is -0.336. The molecule has 0 saturated carbocycles. The fourth-order valence-electron chi connectivity index (χ4n) is 2.18. The Bertz CT molecular complexity index is 409. The lowest BCUT2D eigenvalue weighted by molar-refractivity contribution is 0.200. The highest BCUT2D eigenvalue weighted by molar-refractivity contribution is 6.30. The van der Waals surface area contributed by atoms with Crippen LogP contribution in [0.15, 0.2) is 30.9 Å². The van der Waals surface area contributed by atoms with Crippen LogP contribution in [0.2, 0.25) is 5.02 Å². The number of hydrogen-bond acceptors (Lipinski definition) is 2. The monoisotopic (exact) mass is 326 g/mol. The van der Waals surface area contributed by atoms with Crippen molar-refractivity contribution in [1.29, 1.82) is 0 Å². The number of rotatable bonds is 3. The van der Waals surface area contributed by atoms with E-state index in [0.29, 0.717) is 5.56 Å². The molecule has 108 valence electrons. The summed E-state index contributed by atoms with van der Waals surface area (Å²) in [5, 5.41) is 3.45.